The molecule has 0 radical (unpaired) electrons. The number of esters is 2. The van der Waals surface area contributed by atoms with Gasteiger partial charge in [0.25, 0.3) is 0 Å². The second-order valence-electron chi connectivity index (χ2n) is 8.32. The van der Waals surface area contributed by atoms with Crippen LogP contribution in [0.15, 0.2) is 78.9 Å². The Hall–Kier alpha value is -3.53. The number of carbonyl (C=O) groups excluding carboxylic acids is 2. The van der Waals surface area contributed by atoms with Gasteiger partial charge in [-0.15, -0.1) is 0 Å². The number of hydrogen-bond donors (Lipinski definition) is 0. The molecule has 1 aliphatic heterocycles. The molecule has 35 heavy (non-hydrogen) atoms. The molecule has 1 unspecified atom stereocenters. The van der Waals surface area contributed by atoms with E-state index >= 15 is 0 Å². The first-order chi connectivity index (χ1) is 16.9. The summed E-state index contributed by atoms with van der Waals surface area (Å²) in [7, 11) is -3.25. The second kappa shape index (κ2) is 9.26. The topological polar surface area (TPSA) is 99.2 Å². The van der Waals surface area contributed by atoms with Crippen LogP contribution < -0.4 is 0 Å². The lowest BCUT2D eigenvalue weighted by molar-refractivity contribution is -0.163. The summed E-state index contributed by atoms with van der Waals surface area (Å²) in [5.41, 5.74) is 3.83. The molecular weight excluding hydrogens is 470 g/mol. The summed E-state index contributed by atoms with van der Waals surface area (Å²) in [6, 6.07) is 21.4. The molecular formula is C26H23NO7S. The number of fused-ring (bicyclic) bond motifs is 3. The van der Waals surface area contributed by atoms with Gasteiger partial charge in [0, 0.05) is 0 Å². The molecule has 0 spiro atoms. The number of rotatable bonds is 5. The normalized spacial score (nSPS) is 21.1. The average Bonchev–Trinajstić information content (AvgIpc) is 3.21. The van der Waals surface area contributed by atoms with Crippen LogP contribution in [0.3, 0.4) is 0 Å². The van der Waals surface area contributed by atoms with Crippen molar-refractivity contribution in [2.75, 3.05) is 13.7 Å². The maximum absolute atomic E-state index is 13.3. The molecule has 2 atom stereocenters. The van der Waals surface area contributed by atoms with Crippen molar-refractivity contribution in [3.8, 4) is 11.1 Å². The molecule has 2 aliphatic rings. The number of ether oxygens (including phenoxy) is 2. The summed E-state index contributed by atoms with van der Waals surface area (Å²) >= 11 is 0. The van der Waals surface area contributed by atoms with Gasteiger partial charge in [-0.05, 0) is 27.8 Å². The molecule has 0 N–H and O–H groups in total. The Morgan fingerprint density at radius 1 is 0.886 bits per heavy atom. The van der Waals surface area contributed by atoms with Gasteiger partial charge in [-0.3, -0.25) is 13.8 Å². The molecule has 0 bridgehead atoms. The summed E-state index contributed by atoms with van der Waals surface area (Å²) in [5.74, 6) is -2.82. The quantitative estimate of drug-likeness (QED) is 0.503. The Balaban J connectivity index is 1.56. The minimum atomic E-state index is -4.41. The molecule has 0 amide bonds. The van der Waals surface area contributed by atoms with Crippen molar-refractivity contribution in [2.45, 2.75) is 18.7 Å². The van der Waals surface area contributed by atoms with Gasteiger partial charge in [0.2, 0.25) is 0 Å². The highest BCUT2D eigenvalue weighted by atomic mass is 32.2. The SMILES string of the molecule is COC(=O)C1[C@@H](C(=O)OCc2ccccc2)COS(=O)(=O)N1C1c2ccccc2-c2ccccc21. The Labute approximate surface area is 203 Å². The predicted octanol–water partition coefficient (Wildman–Crippen LogP) is 3.23. The van der Waals surface area contributed by atoms with Crippen molar-refractivity contribution in [1.82, 2.24) is 4.31 Å². The zero-order chi connectivity index (χ0) is 24.6. The highest BCUT2D eigenvalue weighted by Crippen LogP contribution is 2.49. The molecule has 1 saturated heterocycles. The summed E-state index contributed by atoms with van der Waals surface area (Å²) in [6.45, 7) is -0.547. The Bertz CT molecular complexity index is 1330. The van der Waals surface area contributed by atoms with Crippen molar-refractivity contribution in [2.24, 2.45) is 5.92 Å². The fourth-order valence-corrected chi connectivity index (χ4v) is 6.18. The molecule has 9 heteroatoms. The standard InChI is InChI=1S/C26H23NO7S/c1-32-26(29)24-22(25(28)33-15-17-9-3-2-4-10-17)16-34-35(30,31)27(24)23-20-13-7-5-11-18(20)19-12-6-8-14-21(19)23/h2-14,22-24H,15-16H2,1H3/t22-,24?/m0/s1. The third-order valence-corrected chi connectivity index (χ3v) is 7.72. The third-order valence-electron chi connectivity index (χ3n) is 6.33. The first-order valence-electron chi connectivity index (χ1n) is 11.1. The van der Waals surface area contributed by atoms with E-state index in [4.69, 9.17) is 13.7 Å². The number of nitrogens with zero attached hydrogens (tertiary/aromatic N) is 1. The molecule has 0 aromatic heterocycles. The molecule has 1 heterocycles. The van der Waals surface area contributed by atoms with E-state index in [0.29, 0.717) is 11.1 Å². The fourth-order valence-electron chi connectivity index (χ4n) is 4.74. The van der Waals surface area contributed by atoms with Gasteiger partial charge < -0.3 is 9.47 Å². The van der Waals surface area contributed by atoms with Crippen molar-refractivity contribution in [1.29, 1.82) is 0 Å². The van der Waals surface area contributed by atoms with E-state index < -0.39 is 46.9 Å². The van der Waals surface area contributed by atoms with E-state index in [9.17, 15) is 18.0 Å². The molecule has 3 aromatic carbocycles. The van der Waals surface area contributed by atoms with Crippen molar-refractivity contribution in [3.05, 3.63) is 95.6 Å². The lowest BCUT2D eigenvalue weighted by Crippen LogP contribution is -2.58. The maximum atomic E-state index is 13.3. The van der Waals surface area contributed by atoms with E-state index in [1.807, 2.05) is 42.5 Å². The fraction of sp³-hybridized carbons (Fsp3) is 0.231. The molecule has 3 aromatic rings. The number of carbonyl (C=O) groups is 2. The van der Waals surface area contributed by atoms with Crippen LogP contribution in [0.25, 0.3) is 11.1 Å². The second-order valence-corrected chi connectivity index (χ2v) is 9.83. The van der Waals surface area contributed by atoms with E-state index in [1.165, 1.54) is 0 Å². The smallest absolute Gasteiger partial charge is 0.340 e. The highest BCUT2D eigenvalue weighted by molar-refractivity contribution is 7.84. The minimum absolute atomic E-state index is 0.0219. The van der Waals surface area contributed by atoms with Gasteiger partial charge in [0.1, 0.15) is 18.6 Å². The van der Waals surface area contributed by atoms with E-state index in [0.717, 1.165) is 28.1 Å². The van der Waals surface area contributed by atoms with Crippen LogP contribution >= 0.6 is 0 Å². The van der Waals surface area contributed by atoms with Crippen LogP contribution in [0.4, 0.5) is 0 Å². The largest absolute Gasteiger partial charge is 0.468 e. The van der Waals surface area contributed by atoms with Gasteiger partial charge in [0.05, 0.1) is 19.8 Å². The number of hydrogen-bond acceptors (Lipinski definition) is 7. The maximum Gasteiger partial charge on any atom is 0.340 e. The Morgan fingerprint density at radius 2 is 1.46 bits per heavy atom. The Morgan fingerprint density at radius 3 is 2.06 bits per heavy atom. The van der Waals surface area contributed by atoms with Gasteiger partial charge >= 0.3 is 22.2 Å². The summed E-state index contributed by atoms with van der Waals surface area (Å²) in [6.07, 6.45) is 0. The van der Waals surface area contributed by atoms with Crippen molar-refractivity contribution >= 4 is 22.2 Å². The van der Waals surface area contributed by atoms with Crippen LogP contribution in [0.1, 0.15) is 22.7 Å². The first kappa shape index (κ1) is 23.2. The molecule has 1 aliphatic carbocycles. The zero-order valence-electron chi connectivity index (χ0n) is 18.9. The van der Waals surface area contributed by atoms with Gasteiger partial charge in [-0.1, -0.05) is 78.9 Å². The van der Waals surface area contributed by atoms with Crippen LogP contribution in [0, 0.1) is 5.92 Å². The monoisotopic (exact) mass is 493 g/mol. The molecule has 180 valence electrons. The van der Waals surface area contributed by atoms with Crippen LogP contribution in [0.2, 0.25) is 0 Å². The lowest BCUT2D eigenvalue weighted by Gasteiger charge is -2.40. The van der Waals surface area contributed by atoms with Crippen LogP contribution in [0.5, 0.6) is 0 Å². The van der Waals surface area contributed by atoms with Gasteiger partial charge in [-0.25, -0.2) is 0 Å². The molecule has 8 nitrogen and oxygen atoms in total. The minimum Gasteiger partial charge on any atom is -0.468 e. The van der Waals surface area contributed by atoms with E-state index in [2.05, 4.69) is 0 Å². The van der Waals surface area contributed by atoms with Crippen LogP contribution in [-0.4, -0.2) is 44.4 Å². The lowest BCUT2D eigenvalue weighted by atomic mass is 9.96. The molecule has 1 fully saturated rings. The average molecular weight is 494 g/mol. The number of benzene rings is 3. The number of methoxy groups -OCH3 is 1. The van der Waals surface area contributed by atoms with Crippen molar-refractivity contribution in [3.63, 3.8) is 0 Å². The Kier molecular flexibility index (Phi) is 6.14. The molecule has 0 saturated carbocycles. The summed E-state index contributed by atoms with van der Waals surface area (Å²) in [5, 5.41) is 0. The van der Waals surface area contributed by atoms with Crippen molar-refractivity contribution < 1.29 is 31.7 Å². The molecule has 5 rings (SSSR count). The van der Waals surface area contributed by atoms with Gasteiger partial charge in [0.15, 0.2) is 0 Å². The summed E-state index contributed by atoms with van der Waals surface area (Å²) < 4.78 is 43.2. The zero-order valence-corrected chi connectivity index (χ0v) is 19.7. The highest BCUT2D eigenvalue weighted by Gasteiger charge is 2.55. The predicted molar refractivity (Wildman–Crippen MR) is 126 cm³/mol. The first-order valence-corrected chi connectivity index (χ1v) is 12.4. The van der Waals surface area contributed by atoms with E-state index in [-0.39, 0.29) is 6.61 Å². The third kappa shape index (κ3) is 4.12. The van der Waals surface area contributed by atoms with Crippen LogP contribution in [-0.2, 0) is 40.2 Å². The summed E-state index contributed by atoms with van der Waals surface area (Å²) in [4.78, 5) is 26.2. The van der Waals surface area contributed by atoms with E-state index in [1.54, 1.807) is 36.4 Å². The van der Waals surface area contributed by atoms with Gasteiger partial charge in [-0.2, -0.15) is 12.7 Å².